The molecule has 0 bridgehead atoms. The molecule has 1 aromatic rings. The molecule has 0 spiro atoms. The summed E-state index contributed by atoms with van der Waals surface area (Å²) >= 11 is 1.84. The predicted molar refractivity (Wildman–Crippen MR) is 74.5 cm³/mol. The molecule has 1 atom stereocenters. The molecule has 1 N–H and O–H groups in total. The number of thioether (sulfide) groups is 1. The lowest BCUT2D eigenvalue weighted by molar-refractivity contribution is -0.125. The minimum absolute atomic E-state index is 0.247. The van der Waals surface area contributed by atoms with Gasteiger partial charge in [-0.25, -0.2) is 0 Å². The number of hydrogen-bond donors (Lipinski definition) is 1. The maximum Gasteiger partial charge on any atom is 0.260 e. The van der Waals surface area contributed by atoms with Crippen molar-refractivity contribution >= 4 is 23.4 Å². The van der Waals surface area contributed by atoms with Crippen molar-refractivity contribution in [1.82, 2.24) is 0 Å². The Labute approximate surface area is 116 Å². The van der Waals surface area contributed by atoms with Crippen LogP contribution in [-0.4, -0.2) is 36.5 Å². The number of rotatable bonds is 2. The minimum atomic E-state index is -0.998. The summed E-state index contributed by atoms with van der Waals surface area (Å²) in [6, 6.07) is 5.86. The molecule has 3 rings (SSSR count). The van der Waals surface area contributed by atoms with Gasteiger partial charge in [0.05, 0.1) is 5.69 Å². The second kappa shape index (κ2) is 5.15. The van der Waals surface area contributed by atoms with E-state index < -0.39 is 6.10 Å². The fourth-order valence-corrected chi connectivity index (χ4v) is 3.68. The van der Waals surface area contributed by atoms with Gasteiger partial charge >= 0.3 is 0 Å². The van der Waals surface area contributed by atoms with Crippen LogP contribution in [0.15, 0.2) is 23.1 Å². The van der Waals surface area contributed by atoms with Crippen molar-refractivity contribution in [3.05, 3.63) is 23.8 Å². The number of likely N-dealkylation sites (N-methyl/N-ethyl adjacent to an activating group) is 1. The molecule has 0 aliphatic carbocycles. The number of carbonyl (C=O) groups is 1. The zero-order chi connectivity index (χ0) is 13.4. The van der Waals surface area contributed by atoms with Crippen molar-refractivity contribution in [1.29, 1.82) is 0 Å². The lowest BCUT2D eigenvalue weighted by atomic mass is 10.1. The molecule has 1 fully saturated rings. The Morgan fingerprint density at radius 3 is 2.84 bits per heavy atom. The summed E-state index contributed by atoms with van der Waals surface area (Å²) in [7, 11) is 1.71. The number of anilines is 1. The molecule has 0 saturated carbocycles. The van der Waals surface area contributed by atoms with E-state index in [4.69, 9.17) is 4.74 Å². The van der Waals surface area contributed by atoms with E-state index in [0.717, 1.165) is 36.6 Å². The molecule has 1 unspecified atom stereocenters. The number of ether oxygens (including phenoxy) is 1. The van der Waals surface area contributed by atoms with E-state index in [-0.39, 0.29) is 5.91 Å². The van der Waals surface area contributed by atoms with Crippen LogP contribution in [-0.2, 0) is 9.53 Å². The summed E-state index contributed by atoms with van der Waals surface area (Å²) < 4.78 is 5.36. The Bertz CT molecular complexity index is 499. The maximum atomic E-state index is 11.7. The lowest BCUT2D eigenvalue weighted by Crippen LogP contribution is -2.23. The fraction of sp³-hybridized carbons (Fsp3) is 0.500. The van der Waals surface area contributed by atoms with Crippen molar-refractivity contribution in [2.45, 2.75) is 29.1 Å². The molecule has 1 saturated heterocycles. The van der Waals surface area contributed by atoms with Gasteiger partial charge in [-0.2, -0.15) is 0 Å². The van der Waals surface area contributed by atoms with E-state index in [1.807, 2.05) is 30.0 Å². The molecule has 0 radical (unpaired) electrons. The van der Waals surface area contributed by atoms with Gasteiger partial charge in [0.2, 0.25) is 0 Å². The monoisotopic (exact) mass is 279 g/mol. The summed E-state index contributed by atoms with van der Waals surface area (Å²) in [5.74, 6) is -0.247. The highest BCUT2D eigenvalue weighted by atomic mass is 32.2. The highest BCUT2D eigenvalue weighted by Gasteiger charge is 2.33. The minimum Gasteiger partial charge on any atom is -0.381 e. The van der Waals surface area contributed by atoms with Gasteiger partial charge in [0.1, 0.15) is 0 Å². The summed E-state index contributed by atoms with van der Waals surface area (Å²) in [4.78, 5) is 14.4. The summed E-state index contributed by atoms with van der Waals surface area (Å²) in [5, 5.41) is 10.4. The van der Waals surface area contributed by atoms with E-state index in [2.05, 4.69) is 0 Å². The molecule has 2 heterocycles. The standard InChI is InChI=1S/C14H17NO3S/c1-15-12-8-10(19-9-4-6-18-7-5-9)2-3-11(12)13(16)14(15)17/h2-3,8-9,13,16H,4-7H2,1H3. The second-order valence-corrected chi connectivity index (χ2v) is 6.32. The van der Waals surface area contributed by atoms with E-state index in [9.17, 15) is 9.90 Å². The number of aliphatic hydroxyl groups excluding tert-OH is 1. The van der Waals surface area contributed by atoms with E-state index >= 15 is 0 Å². The highest BCUT2D eigenvalue weighted by molar-refractivity contribution is 8.00. The van der Waals surface area contributed by atoms with Crippen LogP contribution >= 0.6 is 11.8 Å². The topological polar surface area (TPSA) is 49.8 Å². The largest absolute Gasteiger partial charge is 0.381 e. The second-order valence-electron chi connectivity index (χ2n) is 4.95. The highest BCUT2D eigenvalue weighted by Crippen LogP contribution is 2.39. The van der Waals surface area contributed by atoms with Crippen LogP contribution in [0.3, 0.4) is 0 Å². The summed E-state index contributed by atoms with van der Waals surface area (Å²) in [6.07, 6.45) is 1.14. The van der Waals surface area contributed by atoms with Crippen molar-refractivity contribution < 1.29 is 14.6 Å². The van der Waals surface area contributed by atoms with Gasteiger partial charge in [-0.15, -0.1) is 11.8 Å². The van der Waals surface area contributed by atoms with E-state index in [1.54, 1.807) is 7.05 Å². The molecular formula is C14H17NO3S. The summed E-state index contributed by atoms with van der Waals surface area (Å²) in [6.45, 7) is 1.67. The first-order valence-electron chi connectivity index (χ1n) is 6.51. The number of nitrogens with zero attached hydrogens (tertiary/aromatic N) is 1. The van der Waals surface area contributed by atoms with Crippen LogP contribution in [0.25, 0.3) is 0 Å². The number of amides is 1. The van der Waals surface area contributed by atoms with Gasteiger partial charge in [-0.1, -0.05) is 6.07 Å². The number of benzene rings is 1. The van der Waals surface area contributed by atoms with E-state index in [0.29, 0.717) is 10.8 Å². The molecule has 19 heavy (non-hydrogen) atoms. The molecule has 2 aliphatic heterocycles. The first-order valence-corrected chi connectivity index (χ1v) is 7.39. The lowest BCUT2D eigenvalue weighted by Gasteiger charge is -2.21. The predicted octanol–water partition coefficient (Wildman–Crippen LogP) is 1.97. The zero-order valence-corrected chi connectivity index (χ0v) is 11.7. The van der Waals surface area contributed by atoms with Crippen molar-refractivity contribution in [3.63, 3.8) is 0 Å². The fourth-order valence-electron chi connectivity index (χ4n) is 2.54. The average Bonchev–Trinajstić information content (AvgIpc) is 2.65. The molecule has 4 nitrogen and oxygen atoms in total. The van der Waals surface area contributed by atoms with Crippen LogP contribution in [0.5, 0.6) is 0 Å². The third-order valence-electron chi connectivity index (χ3n) is 3.69. The number of hydrogen-bond acceptors (Lipinski definition) is 4. The Balaban J connectivity index is 1.80. The van der Waals surface area contributed by atoms with Gasteiger partial charge in [-0.3, -0.25) is 4.79 Å². The number of fused-ring (bicyclic) bond motifs is 1. The molecule has 5 heteroatoms. The first kappa shape index (κ1) is 13.0. The number of carbonyl (C=O) groups excluding carboxylic acids is 1. The maximum absolute atomic E-state index is 11.7. The Morgan fingerprint density at radius 1 is 1.37 bits per heavy atom. The SMILES string of the molecule is CN1C(=O)C(O)c2ccc(SC3CCOCC3)cc21. The van der Waals surface area contributed by atoms with Crippen molar-refractivity contribution in [2.75, 3.05) is 25.2 Å². The Hall–Kier alpha value is -1.04. The van der Waals surface area contributed by atoms with Crippen molar-refractivity contribution in [3.8, 4) is 0 Å². The van der Waals surface area contributed by atoms with Crippen molar-refractivity contribution in [2.24, 2.45) is 0 Å². The zero-order valence-electron chi connectivity index (χ0n) is 10.8. The first-order chi connectivity index (χ1) is 9.16. The van der Waals surface area contributed by atoms with Crippen LogP contribution < -0.4 is 4.90 Å². The molecule has 1 amide bonds. The van der Waals surface area contributed by atoms with E-state index in [1.165, 1.54) is 4.90 Å². The van der Waals surface area contributed by atoms with Crippen LogP contribution in [0.1, 0.15) is 24.5 Å². The normalized spacial score (nSPS) is 23.8. The van der Waals surface area contributed by atoms with Gasteiger partial charge in [0, 0.05) is 36.0 Å². The quantitative estimate of drug-likeness (QED) is 0.899. The number of aliphatic hydroxyl groups is 1. The van der Waals surface area contributed by atoms with Crippen LogP contribution in [0.2, 0.25) is 0 Å². The molecule has 0 aromatic heterocycles. The third kappa shape index (κ3) is 2.38. The van der Waals surface area contributed by atoms with Gasteiger partial charge in [-0.05, 0) is 25.0 Å². The molecular weight excluding hydrogens is 262 g/mol. The Morgan fingerprint density at radius 2 is 2.11 bits per heavy atom. The smallest absolute Gasteiger partial charge is 0.260 e. The molecule has 102 valence electrons. The third-order valence-corrected chi connectivity index (χ3v) is 5.02. The van der Waals surface area contributed by atoms with Crippen LogP contribution in [0, 0.1) is 0 Å². The van der Waals surface area contributed by atoms with Gasteiger partial charge < -0.3 is 14.7 Å². The van der Waals surface area contributed by atoms with Gasteiger partial charge in [0.15, 0.2) is 6.10 Å². The van der Waals surface area contributed by atoms with Crippen LogP contribution in [0.4, 0.5) is 5.69 Å². The Kier molecular flexibility index (Phi) is 3.52. The van der Waals surface area contributed by atoms with Gasteiger partial charge in [0.25, 0.3) is 5.91 Å². The average molecular weight is 279 g/mol. The molecule has 2 aliphatic rings. The molecule has 1 aromatic carbocycles. The summed E-state index contributed by atoms with van der Waals surface area (Å²) in [5.41, 5.74) is 1.54.